The average Bonchev–Trinajstić information content (AvgIpc) is 2.35. The summed E-state index contributed by atoms with van der Waals surface area (Å²) >= 11 is 0. The minimum Gasteiger partial charge on any atom is -0.489 e. The number of nitrogens with one attached hydrogen (secondary N) is 1. The molecule has 0 bridgehead atoms. The van der Waals surface area contributed by atoms with Gasteiger partial charge in [0, 0.05) is 12.0 Å². The number of carboxylic acids is 1. The quantitative estimate of drug-likeness (QED) is 0.797. The number of rotatable bonds is 4. The van der Waals surface area contributed by atoms with E-state index in [1.807, 2.05) is 0 Å². The summed E-state index contributed by atoms with van der Waals surface area (Å²) in [6.45, 7) is 1.95. The third kappa shape index (κ3) is 2.80. The molecule has 1 unspecified atom stereocenters. The fraction of sp³-hybridized carbons (Fsp3) is 0.385. The maximum atomic E-state index is 11.3. The molecule has 1 aliphatic rings. The lowest BCUT2D eigenvalue weighted by atomic mass is 10.1. The predicted octanol–water partition coefficient (Wildman–Crippen LogP) is 1.93. The van der Waals surface area contributed by atoms with Crippen molar-refractivity contribution in [2.75, 3.05) is 11.9 Å². The molecule has 1 heterocycles. The van der Waals surface area contributed by atoms with E-state index in [2.05, 4.69) is 5.32 Å². The van der Waals surface area contributed by atoms with E-state index < -0.39 is 5.97 Å². The van der Waals surface area contributed by atoms with Crippen molar-refractivity contribution in [1.82, 2.24) is 0 Å². The summed E-state index contributed by atoms with van der Waals surface area (Å²) in [5.41, 5.74) is 1.37. The molecule has 5 nitrogen and oxygen atoms in total. The molecule has 96 valence electrons. The first-order valence-corrected chi connectivity index (χ1v) is 5.82. The van der Waals surface area contributed by atoms with Crippen LogP contribution in [0.3, 0.4) is 0 Å². The summed E-state index contributed by atoms with van der Waals surface area (Å²) in [5.74, 6) is -0.126. The van der Waals surface area contributed by atoms with Gasteiger partial charge in [0.15, 0.2) is 5.78 Å². The molecule has 0 saturated carbocycles. The second kappa shape index (κ2) is 5.08. The van der Waals surface area contributed by atoms with Crippen molar-refractivity contribution in [2.24, 2.45) is 0 Å². The number of fused-ring (bicyclic) bond motifs is 1. The second-order valence-corrected chi connectivity index (χ2v) is 4.35. The molecule has 0 amide bonds. The maximum absolute atomic E-state index is 11.3. The Morgan fingerprint density at radius 1 is 1.50 bits per heavy atom. The molecule has 2 N–H and O–H groups in total. The number of carboxylic acid groups (broad SMARTS) is 1. The Hall–Kier alpha value is -2.04. The van der Waals surface area contributed by atoms with Gasteiger partial charge in [-0.2, -0.15) is 0 Å². The van der Waals surface area contributed by atoms with Crippen molar-refractivity contribution in [3.8, 4) is 5.75 Å². The minimum atomic E-state index is -0.819. The number of hydrogen-bond donors (Lipinski definition) is 2. The average molecular weight is 249 g/mol. The Balaban J connectivity index is 2.09. The fourth-order valence-corrected chi connectivity index (χ4v) is 1.89. The smallest absolute Gasteiger partial charge is 0.303 e. The largest absolute Gasteiger partial charge is 0.489 e. The van der Waals surface area contributed by atoms with Gasteiger partial charge in [-0.3, -0.25) is 9.59 Å². The van der Waals surface area contributed by atoms with Crippen molar-refractivity contribution >= 4 is 17.4 Å². The molecule has 18 heavy (non-hydrogen) atoms. The zero-order valence-corrected chi connectivity index (χ0v) is 10.1. The van der Waals surface area contributed by atoms with Crippen molar-refractivity contribution in [3.05, 3.63) is 23.8 Å². The van der Waals surface area contributed by atoms with E-state index in [0.717, 1.165) is 5.69 Å². The lowest BCUT2D eigenvalue weighted by molar-refractivity contribution is -0.137. The molecule has 0 spiro atoms. The summed E-state index contributed by atoms with van der Waals surface area (Å²) in [6, 6.07) is 5.19. The number of hydrogen-bond acceptors (Lipinski definition) is 4. The highest BCUT2D eigenvalue weighted by molar-refractivity contribution is 5.95. The molecule has 1 aromatic rings. The van der Waals surface area contributed by atoms with Crippen LogP contribution in [0.2, 0.25) is 0 Å². The van der Waals surface area contributed by atoms with Crippen molar-refractivity contribution in [1.29, 1.82) is 0 Å². The third-order valence-corrected chi connectivity index (χ3v) is 2.89. The van der Waals surface area contributed by atoms with Gasteiger partial charge >= 0.3 is 5.97 Å². The molecular formula is C13H15NO4. The molecule has 2 rings (SSSR count). The predicted molar refractivity (Wildman–Crippen MR) is 66.2 cm³/mol. The molecule has 1 aromatic carbocycles. The zero-order valence-electron chi connectivity index (χ0n) is 10.1. The van der Waals surface area contributed by atoms with E-state index in [0.29, 0.717) is 24.3 Å². The maximum Gasteiger partial charge on any atom is 0.303 e. The second-order valence-electron chi connectivity index (χ2n) is 4.35. The number of carbonyl (C=O) groups is 2. The number of aliphatic carboxylic acids is 1. The molecule has 0 fully saturated rings. The van der Waals surface area contributed by atoms with Gasteiger partial charge < -0.3 is 15.2 Å². The Morgan fingerprint density at radius 3 is 2.94 bits per heavy atom. The molecular weight excluding hydrogens is 234 g/mol. The van der Waals surface area contributed by atoms with Gasteiger partial charge in [-0.05, 0) is 31.5 Å². The Morgan fingerprint density at radius 2 is 2.28 bits per heavy atom. The van der Waals surface area contributed by atoms with Crippen LogP contribution in [0, 0.1) is 0 Å². The van der Waals surface area contributed by atoms with Crippen LogP contribution >= 0.6 is 0 Å². The summed E-state index contributed by atoms with van der Waals surface area (Å²) in [4.78, 5) is 21.8. The van der Waals surface area contributed by atoms with Crippen LogP contribution < -0.4 is 10.1 Å². The van der Waals surface area contributed by atoms with E-state index >= 15 is 0 Å². The minimum absolute atomic E-state index is 0.00717. The van der Waals surface area contributed by atoms with Gasteiger partial charge in [-0.25, -0.2) is 0 Å². The molecule has 0 aromatic heterocycles. The highest BCUT2D eigenvalue weighted by Crippen LogP contribution is 2.30. The standard InChI is InChI=1S/C13H15NO4/c1-8(15)9-2-4-12-11(6-9)14-10(7-18-12)3-5-13(16)17/h2,4,6,10,14H,3,5,7H2,1H3,(H,16,17). The lowest BCUT2D eigenvalue weighted by Crippen LogP contribution is -2.32. The summed E-state index contributed by atoms with van der Waals surface area (Å²) in [7, 11) is 0. The van der Waals surface area contributed by atoms with Crippen LogP contribution in [0.15, 0.2) is 18.2 Å². The molecule has 1 aliphatic heterocycles. The number of ketones is 1. The monoisotopic (exact) mass is 249 g/mol. The SMILES string of the molecule is CC(=O)c1ccc2c(c1)NC(CCC(=O)O)CO2. The number of Topliss-reactive ketones (excluding diaryl/α,β-unsaturated/α-hetero) is 1. The Labute approximate surface area is 105 Å². The summed E-state index contributed by atoms with van der Waals surface area (Å²) in [6.07, 6.45) is 0.599. The highest BCUT2D eigenvalue weighted by atomic mass is 16.5. The first-order chi connectivity index (χ1) is 8.56. The van der Waals surface area contributed by atoms with Crippen molar-refractivity contribution in [2.45, 2.75) is 25.8 Å². The Bertz CT molecular complexity index is 484. The third-order valence-electron chi connectivity index (χ3n) is 2.89. The van der Waals surface area contributed by atoms with Gasteiger partial charge in [0.05, 0.1) is 11.7 Å². The summed E-state index contributed by atoms with van der Waals surface area (Å²) < 4.78 is 5.54. The topological polar surface area (TPSA) is 75.6 Å². The number of benzene rings is 1. The molecule has 1 atom stereocenters. The van der Waals surface area contributed by atoms with Crippen LogP contribution in [0.25, 0.3) is 0 Å². The fourth-order valence-electron chi connectivity index (χ4n) is 1.89. The van der Waals surface area contributed by atoms with Crippen LogP contribution in [-0.2, 0) is 4.79 Å². The van der Waals surface area contributed by atoms with E-state index in [1.165, 1.54) is 6.92 Å². The van der Waals surface area contributed by atoms with Gasteiger partial charge in [0.1, 0.15) is 12.4 Å². The normalized spacial score (nSPS) is 17.3. The van der Waals surface area contributed by atoms with E-state index in [4.69, 9.17) is 9.84 Å². The molecule has 0 aliphatic carbocycles. The zero-order chi connectivity index (χ0) is 13.1. The number of anilines is 1. The number of ether oxygens (including phenoxy) is 1. The van der Waals surface area contributed by atoms with Gasteiger partial charge in [-0.15, -0.1) is 0 Å². The van der Waals surface area contributed by atoms with Crippen molar-refractivity contribution < 1.29 is 19.4 Å². The van der Waals surface area contributed by atoms with Crippen LogP contribution in [0.1, 0.15) is 30.1 Å². The molecule has 5 heteroatoms. The first kappa shape index (κ1) is 12.4. The van der Waals surface area contributed by atoms with Crippen LogP contribution in [-0.4, -0.2) is 29.5 Å². The van der Waals surface area contributed by atoms with Gasteiger partial charge in [0.25, 0.3) is 0 Å². The Kier molecular flexibility index (Phi) is 3.50. The molecule has 0 saturated heterocycles. The summed E-state index contributed by atoms with van der Waals surface area (Å²) in [5, 5.41) is 11.9. The first-order valence-electron chi connectivity index (χ1n) is 5.82. The van der Waals surface area contributed by atoms with Crippen molar-refractivity contribution in [3.63, 3.8) is 0 Å². The van der Waals surface area contributed by atoms with E-state index in [-0.39, 0.29) is 18.2 Å². The van der Waals surface area contributed by atoms with Gasteiger partial charge in [0.2, 0.25) is 0 Å². The van der Waals surface area contributed by atoms with Crippen LogP contribution in [0.5, 0.6) is 5.75 Å². The molecule has 0 radical (unpaired) electrons. The van der Waals surface area contributed by atoms with Crippen LogP contribution in [0.4, 0.5) is 5.69 Å². The lowest BCUT2D eigenvalue weighted by Gasteiger charge is -2.27. The number of carbonyl (C=O) groups excluding carboxylic acids is 1. The van der Waals surface area contributed by atoms with E-state index in [9.17, 15) is 9.59 Å². The van der Waals surface area contributed by atoms with Gasteiger partial charge in [-0.1, -0.05) is 0 Å². The van der Waals surface area contributed by atoms with E-state index in [1.54, 1.807) is 18.2 Å². The highest BCUT2D eigenvalue weighted by Gasteiger charge is 2.20.